The molecule has 3 aromatic rings. The molecule has 1 aliphatic rings. The first-order valence-electron chi connectivity index (χ1n) is 15.2. The molecular formula is C34H40FN5O5. The maximum atomic E-state index is 14.3. The fourth-order valence-electron chi connectivity index (χ4n) is 5.41. The Morgan fingerprint density at radius 2 is 1.84 bits per heavy atom. The van der Waals surface area contributed by atoms with Crippen molar-refractivity contribution in [2.75, 3.05) is 0 Å². The highest BCUT2D eigenvalue weighted by Crippen LogP contribution is 2.32. The first kappa shape index (κ1) is 33.3. The number of aromatic amines is 1. The number of imidazole rings is 1. The van der Waals surface area contributed by atoms with E-state index < -0.39 is 35.4 Å². The summed E-state index contributed by atoms with van der Waals surface area (Å²) in [5.41, 5.74) is 7.40. The molecule has 238 valence electrons. The Hall–Kier alpha value is -4.56. The van der Waals surface area contributed by atoms with E-state index in [4.69, 9.17) is 20.5 Å². The number of nitrogens with one attached hydrogen (secondary N) is 2. The maximum absolute atomic E-state index is 14.3. The summed E-state index contributed by atoms with van der Waals surface area (Å²) in [5.74, 6) is -1.70. The number of carbonyl (C=O) groups is 3. The molecule has 11 heteroatoms. The van der Waals surface area contributed by atoms with Crippen molar-refractivity contribution >= 4 is 17.8 Å². The first-order valence-corrected chi connectivity index (χ1v) is 15.2. The van der Waals surface area contributed by atoms with Crippen LogP contribution >= 0.6 is 0 Å². The third-order valence-electron chi connectivity index (χ3n) is 7.85. The summed E-state index contributed by atoms with van der Waals surface area (Å²) in [7, 11) is 0. The van der Waals surface area contributed by atoms with E-state index in [0.717, 1.165) is 5.56 Å². The van der Waals surface area contributed by atoms with E-state index in [-0.39, 0.29) is 42.8 Å². The summed E-state index contributed by atoms with van der Waals surface area (Å²) < 4.78 is 25.1. The Balaban J connectivity index is 1.38. The number of hydrogen-bond donors (Lipinski definition) is 3. The summed E-state index contributed by atoms with van der Waals surface area (Å²) in [6.45, 7) is 5.51. The van der Waals surface area contributed by atoms with Crippen LogP contribution in [-0.4, -0.2) is 39.5 Å². The van der Waals surface area contributed by atoms with Crippen LogP contribution in [0.5, 0.6) is 0 Å². The minimum Gasteiger partial charge on any atom is -0.460 e. The normalized spacial score (nSPS) is 17.9. The van der Waals surface area contributed by atoms with Gasteiger partial charge in [-0.15, -0.1) is 0 Å². The topological polar surface area (TPSA) is 160 Å². The molecule has 4 rings (SSSR count). The number of carbonyl (C=O) groups excluding carboxylic acids is 3. The number of ether oxygens (including phenoxy) is 2. The molecule has 0 aliphatic heterocycles. The molecule has 4 N–H and O–H groups in total. The number of hydrogen-bond acceptors (Lipinski definition) is 8. The fraction of sp³-hybridized carbons (Fsp3) is 0.441. The Bertz CT molecular complexity index is 1520. The van der Waals surface area contributed by atoms with Crippen molar-refractivity contribution in [3.8, 4) is 17.3 Å². The van der Waals surface area contributed by atoms with Gasteiger partial charge in [0.15, 0.2) is 0 Å². The van der Waals surface area contributed by atoms with Gasteiger partial charge in [0.2, 0.25) is 5.91 Å². The smallest absolute Gasteiger partial charge is 0.323 e. The Morgan fingerprint density at radius 3 is 2.49 bits per heavy atom. The molecule has 1 unspecified atom stereocenters. The molecule has 0 bridgehead atoms. The van der Waals surface area contributed by atoms with Crippen molar-refractivity contribution in [3.05, 3.63) is 77.5 Å². The first-order chi connectivity index (χ1) is 21.4. The Labute approximate surface area is 262 Å². The number of H-pyrrole nitrogens is 1. The molecule has 10 nitrogen and oxygen atoms in total. The minimum absolute atomic E-state index is 0.0381. The lowest BCUT2D eigenvalue weighted by molar-refractivity contribution is -0.155. The largest absolute Gasteiger partial charge is 0.460 e. The standard InChI is InChI=1S/C34H40FN5O5/c1-34(2,3)45-29(41)16-15-27(31-38-19-28(39-31)24-13-14-25(18-36)26(35)17-24)40-32(42)23-11-9-22(10-12-23)30(37)33(43)44-20-21-7-5-4-6-8-21/h4-8,13-14,17,19,22-23,27,30H,9-12,15-16,20,37H2,1-3H3,(H,38,39)(H,40,42)/t22?,23?,27-,30?/m0/s1. The molecule has 45 heavy (non-hydrogen) atoms. The third kappa shape index (κ3) is 9.46. The van der Waals surface area contributed by atoms with Gasteiger partial charge in [0, 0.05) is 17.9 Å². The summed E-state index contributed by atoms with van der Waals surface area (Å²) >= 11 is 0. The van der Waals surface area contributed by atoms with Crippen LogP contribution in [0.3, 0.4) is 0 Å². The summed E-state index contributed by atoms with van der Waals surface area (Å²) in [4.78, 5) is 46.1. The van der Waals surface area contributed by atoms with Crippen LogP contribution < -0.4 is 11.1 Å². The predicted molar refractivity (Wildman–Crippen MR) is 164 cm³/mol. The molecule has 1 fully saturated rings. The molecule has 1 aliphatic carbocycles. The van der Waals surface area contributed by atoms with Gasteiger partial charge in [-0.2, -0.15) is 5.26 Å². The van der Waals surface area contributed by atoms with Crippen LogP contribution in [0.4, 0.5) is 4.39 Å². The zero-order valence-electron chi connectivity index (χ0n) is 25.8. The molecule has 1 saturated carbocycles. The van der Waals surface area contributed by atoms with Crippen molar-refractivity contribution in [2.24, 2.45) is 17.6 Å². The number of nitrogens with zero attached hydrogens (tertiary/aromatic N) is 2. The van der Waals surface area contributed by atoms with Crippen molar-refractivity contribution in [1.82, 2.24) is 15.3 Å². The van der Waals surface area contributed by atoms with Gasteiger partial charge in [0.05, 0.1) is 23.5 Å². The maximum Gasteiger partial charge on any atom is 0.323 e. The molecule has 1 amide bonds. The van der Waals surface area contributed by atoms with E-state index >= 15 is 0 Å². The van der Waals surface area contributed by atoms with Gasteiger partial charge in [0.25, 0.3) is 0 Å². The van der Waals surface area contributed by atoms with Gasteiger partial charge >= 0.3 is 11.9 Å². The van der Waals surface area contributed by atoms with Crippen molar-refractivity contribution in [1.29, 1.82) is 5.26 Å². The quantitative estimate of drug-likeness (QED) is 0.246. The van der Waals surface area contributed by atoms with Crippen molar-refractivity contribution in [3.63, 3.8) is 0 Å². The number of rotatable bonds is 11. The number of nitrogens with two attached hydrogens (primary N) is 1. The average Bonchev–Trinajstić information content (AvgIpc) is 3.51. The third-order valence-corrected chi connectivity index (χ3v) is 7.85. The molecule has 0 radical (unpaired) electrons. The van der Waals surface area contributed by atoms with Crippen LogP contribution in [-0.2, 0) is 30.5 Å². The minimum atomic E-state index is -0.770. The lowest BCUT2D eigenvalue weighted by Gasteiger charge is -2.31. The number of amides is 1. The van der Waals surface area contributed by atoms with Gasteiger partial charge in [-0.25, -0.2) is 9.37 Å². The van der Waals surface area contributed by atoms with Crippen LogP contribution in [0.1, 0.15) is 82.3 Å². The van der Waals surface area contributed by atoms with Crippen molar-refractivity contribution < 1.29 is 28.2 Å². The summed E-state index contributed by atoms with van der Waals surface area (Å²) in [5, 5.41) is 12.1. The monoisotopic (exact) mass is 617 g/mol. The average molecular weight is 618 g/mol. The van der Waals surface area contributed by atoms with Crippen LogP contribution in [0, 0.1) is 29.0 Å². The highest BCUT2D eigenvalue weighted by molar-refractivity contribution is 5.79. The number of aromatic nitrogens is 2. The van der Waals surface area contributed by atoms with E-state index in [1.165, 1.54) is 18.3 Å². The van der Waals surface area contributed by atoms with Gasteiger partial charge in [-0.05, 0) is 76.5 Å². The SMILES string of the molecule is CC(C)(C)OC(=O)CC[C@H](NC(=O)C1CCC(C(N)C(=O)OCc2ccccc2)CC1)c1ncc(-c2ccc(C#N)c(F)c2)[nH]1. The fourth-order valence-corrected chi connectivity index (χ4v) is 5.41. The number of nitriles is 1. The molecule has 2 aromatic carbocycles. The van der Waals surface area contributed by atoms with Crippen LogP contribution in [0.2, 0.25) is 0 Å². The van der Waals surface area contributed by atoms with Crippen molar-refractivity contribution in [2.45, 2.75) is 83.6 Å². The zero-order chi connectivity index (χ0) is 32.6. The van der Waals surface area contributed by atoms with Gasteiger partial charge in [-0.1, -0.05) is 36.4 Å². The zero-order valence-corrected chi connectivity index (χ0v) is 25.8. The van der Waals surface area contributed by atoms with Crippen LogP contribution in [0.15, 0.2) is 54.7 Å². The predicted octanol–water partition coefficient (Wildman–Crippen LogP) is 5.24. The van der Waals surface area contributed by atoms with E-state index in [9.17, 15) is 18.8 Å². The molecular weight excluding hydrogens is 577 g/mol. The number of halogens is 1. The second kappa shape index (κ2) is 14.9. The molecule has 2 atom stereocenters. The molecule has 0 saturated heterocycles. The van der Waals surface area contributed by atoms with Gasteiger partial charge < -0.3 is 25.5 Å². The van der Waals surface area contributed by atoms with Gasteiger partial charge in [0.1, 0.15) is 36.0 Å². The van der Waals surface area contributed by atoms with E-state index in [1.54, 1.807) is 32.9 Å². The lowest BCUT2D eigenvalue weighted by atomic mass is 9.78. The number of benzene rings is 2. The highest BCUT2D eigenvalue weighted by atomic mass is 19.1. The summed E-state index contributed by atoms with van der Waals surface area (Å²) in [6, 6.07) is 14.0. The molecule has 1 aromatic heterocycles. The second-order valence-electron chi connectivity index (χ2n) is 12.4. The number of esters is 2. The lowest BCUT2D eigenvalue weighted by Crippen LogP contribution is -2.43. The van der Waals surface area contributed by atoms with E-state index in [1.807, 2.05) is 30.3 Å². The second-order valence-corrected chi connectivity index (χ2v) is 12.4. The highest BCUT2D eigenvalue weighted by Gasteiger charge is 2.34. The van der Waals surface area contributed by atoms with Gasteiger partial charge in [-0.3, -0.25) is 14.4 Å². The van der Waals surface area contributed by atoms with E-state index in [2.05, 4.69) is 15.3 Å². The molecule has 1 heterocycles. The molecule has 0 spiro atoms. The summed E-state index contributed by atoms with van der Waals surface area (Å²) in [6.07, 6.45) is 4.06. The Kier molecular flexibility index (Phi) is 11.1. The Morgan fingerprint density at radius 1 is 1.13 bits per heavy atom. The van der Waals surface area contributed by atoms with E-state index in [0.29, 0.717) is 42.8 Å². The van der Waals surface area contributed by atoms with Crippen LogP contribution in [0.25, 0.3) is 11.3 Å².